The summed E-state index contributed by atoms with van der Waals surface area (Å²) in [5.41, 5.74) is 8.66. The quantitative estimate of drug-likeness (QED) is 0.661. The Morgan fingerprint density at radius 2 is 2.14 bits per heavy atom. The van der Waals surface area contributed by atoms with Crippen molar-refractivity contribution in [3.63, 3.8) is 0 Å². The maximum atomic E-state index is 6.03. The van der Waals surface area contributed by atoms with E-state index in [9.17, 15) is 0 Å². The lowest BCUT2D eigenvalue weighted by Gasteiger charge is -2.28. The van der Waals surface area contributed by atoms with Gasteiger partial charge in [0, 0.05) is 29.2 Å². The minimum Gasteiger partial charge on any atom is -0.389 e. The summed E-state index contributed by atoms with van der Waals surface area (Å²) in [7, 11) is 0. The van der Waals surface area contributed by atoms with Gasteiger partial charge in [-0.1, -0.05) is 46.0 Å². The molecule has 0 saturated carbocycles. The average Bonchev–Trinajstić information content (AvgIpc) is 2.87. The molecule has 1 fully saturated rings. The van der Waals surface area contributed by atoms with Gasteiger partial charge in [-0.15, -0.1) is 11.8 Å². The van der Waals surface area contributed by atoms with Crippen molar-refractivity contribution >= 4 is 34.7 Å². The molecule has 1 unspecified atom stereocenters. The Hall–Kier alpha value is -0.740. The Bertz CT molecular complexity index is 520. The van der Waals surface area contributed by atoms with Gasteiger partial charge in [0.15, 0.2) is 0 Å². The number of thioether (sulfide) groups is 1. The summed E-state index contributed by atoms with van der Waals surface area (Å²) >= 11 is 7.14. The molecule has 2 N–H and O–H groups in total. The molecule has 2 nitrogen and oxygen atoms in total. The highest BCUT2D eigenvalue weighted by Crippen LogP contribution is 2.38. The number of hydrogen-bond donors (Lipinski definition) is 1. The zero-order chi connectivity index (χ0) is 15.6. The summed E-state index contributed by atoms with van der Waals surface area (Å²) in [6.45, 7) is 11.3. The molecule has 21 heavy (non-hydrogen) atoms. The predicted octanol–water partition coefficient (Wildman–Crippen LogP) is 4.31. The maximum Gasteiger partial charge on any atom is 0.107 e. The van der Waals surface area contributed by atoms with Crippen LogP contribution in [-0.4, -0.2) is 23.8 Å². The predicted molar refractivity (Wildman–Crippen MR) is 98.5 cm³/mol. The van der Waals surface area contributed by atoms with E-state index >= 15 is 0 Å². The third-order valence-electron chi connectivity index (χ3n) is 4.30. The first-order valence-corrected chi connectivity index (χ1v) is 9.04. The van der Waals surface area contributed by atoms with Crippen LogP contribution < -0.4 is 10.6 Å². The molecule has 0 amide bonds. The van der Waals surface area contributed by atoms with Crippen LogP contribution in [0.4, 0.5) is 5.69 Å². The third-order valence-corrected chi connectivity index (χ3v) is 5.45. The summed E-state index contributed by atoms with van der Waals surface area (Å²) in [5.74, 6) is 1.75. The van der Waals surface area contributed by atoms with Gasteiger partial charge in [-0.2, -0.15) is 0 Å². The molecule has 1 saturated heterocycles. The van der Waals surface area contributed by atoms with Gasteiger partial charge in [-0.05, 0) is 35.6 Å². The SMILES string of the molecule is CCSc1cccc(N2CCC(C(C)(C)C)C2)c1C(N)=S. The monoisotopic (exact) mass is 322 g/mol. The number of rotatable bonds is 4. The second-order valence-electron chi connectivity index (χ2n) is 6.75. The van der Waals surface area contributed by atoms with E-state index in [1.165, 1.54) is 17.0 Å². The molecule has 1 atom stereocenters. The van der Waals surface area contributed by atoms with E-state index in [2.05, 4.69) is 50.8 Å². The molecule has 4 heteroatoms. The molecule has 0 spiro atoms. The maximum absolute atomic E-state index is 6.03. The topological polar surface area (TPSA) is 29.3 Å². The Morgan fingerprint density at radius 3 is 2.67 bits per heavy atom. The number of benzene rings is 1. The van der Waals surface area contributed by atoms with Crippen LogP contribution in [0, 0.1) is 11.3 Å². The van der Waals surface area contributed by atoms with Crippen molar-refractivity contribution in [2.24, 2.45) is 17.1 Å². The zero-order valence-corrected chi connectivity index (χ0v) is 15.1. The van der Waals surface area contributed by atoms with Gasteiger partial charge in [0.2, 0.25) is 0 Å². The first-order chi connectivity index (χ1) is 9.84. The molecule has 1 aliphatic rings. The molecule has 1 heterocycles. The van der Waals surface area contributed by atoms with Crippen LogP contribution in [0.15, 0.2) is 23.1 Å². The molecule has 0 aliphatic carbocycles. The van der Waals surface area contributed by atoms with Crippen molar-refractivity contribution < 1.29 is 0 Å². The van der Waals surface area contributed by atoms with Crippen LogP contribution in [0.2, 0.25) is 0 Å². The Morgan fingerprint density at radius 1 is 1.43 bits per heavy atom. The van der Waals surface area contributed by atoms with Crippen molar-refractivity contribution in [2.45, 2.75) is 39.0 Å². The molecule has 0 aromatic heterocycles. The van der Waals surface area contributed by atoms with Crippen LogP contribution in [0.1, 0.15) is 39.7 Å². The highest BCUT2D eigenvalue weighted by molar-refractivity contribution is 7.99. The van der Waals surface area contributed by atoms with Crippen LogP contribution in [0.25, 0.3) is 0 Å². The van der Waals surface area contributed by atoms with Gasteiger partial charge in [0.25, 0.3) is 0 Å². The van der Waals surface area contributed by atoms with Crippen LogP contribution in [0.3, 0.4) is 0 Å². The largest absolute Gasteiger partial charge is 0.389 e. The molecular weight excluding hydrogens is 296 g/mol. The van der Waals surface area contributed by atoms with E-state index in [0.717, 1.165) is 30.3 Å². The van der Waals surface area contributed by atoms with Crippen LogP contribution >= 0.6 is 24.0 Å². The summed E-state index contributed by atoms with van der Waals surface area (Å²) in [5, 5.41) is 0. The molecule has 0 radical (unpaired) electrons. The fourth-order valence-corrected chi connectivity index (χ4v) is 4.12. The van der Waals surface area contributed by atoms with Gasteiger partial charge in [0.05, 0.1) is 0 Å². The van der Waals surface area contributed by atoms with Gasteiger partial charge < -0.3 is 10.6 Å². The van der Waals surface area contributed by atoms with Crippen molar-refractivity contribution in [1.82, 2.24) is 0 Å². The van der Waals surface area contributed by atoms with Crippen molar-refractivity contribution in [3.05, 3.63) is 23.8 Å². The molecule has 1 aromatic carbocycles. The Labute approximate surface area is 138 Å². The first kappa shape index (κ1) is 16.6. The fraction of sp³-hybridized carbons (Fsp3) is 0.588. The van der Waals surface area contributed by atoms with Crippen LogP contribution in [0.5, 0.6) is 0 Å². The summed E-state index contributed by atoms with van der Waals surface area (Å²) in [6.07, 6.45) is 1.24. The number of anilines is 1. The van der Waals surface area contributed by atoms with E-state index in [4.69, 9.17) is 18.0 Å². The molecule has 1 aliphatic heterocycles. The van der Waals surface area contributed by atoms with E-state index in [1.54, 1.807) is 0 Å². The highest BCUT2D eigenvalue weighted by Gasteiger charge is 2.33. The lowest BCUT2D eigenvalue weighted by Crippen LogP contribution is -2.27. The van der Waals surface area contributed by atoms with Gasteiger partial charge in [-0.25, -0.2) is 0 Å². The second kappa shape index (κ2) is 6.57. The lowest BCUT2D eigenvalue weighted by molar-refractivity contribution is 0.263. The third kappa shape index (κ3) is 3.72. The highest BCUT2D eigenvalue weighted by atomic mass is 32.2. The zero-order valence-electron chi connectivity index (χ0n) is 13.5. The van der Waals surface area contributed by atoms with Gasteiger partial charge in [0.1, 0.15) is 4.99 Å². The Balaban J connectivity index is 2.32. The number of nitrogens with zero attached hydrogens (tertiary/aromatic N) is 1. The molecule has 1 aromatic rings. The molecule has 2 rings (SSSR count). The number of hydrogen-bond acceptors (Lipinski definition) is 3. The summed E-state index contributed by atoms with van der Waals surface area (Å²) in [4.78, 5) is 4.19. The summed E-state index contributed by atoms with van der Waals surface area (Å²) in [6, 6.07) is 6.42. The lowest BCUT2D eigenvalue weighted by atomic mass is 9.80. The van der Waals surface area contributed by atoms with E-state index < -0.39 is 0 Å². The van der Waals surface area contributed by atoms with Gasteiger partial charge in [-0.3, -0.25) is 0 Å². The smallest absolute Gasteiger partial charge is 0.107 e. The number of nitrogens with two attached hydrogens (primary N) is 1. The number of thiocarbonyl (C=S) groups is 1. The van der Waals surface area contributed by atoms with E-state index in [0.29, 0.717) is 10.4 Å². The Kier molecular flexibility index (Phi) is 5.20. The van der Waals surface area contributed by atoms with Gasteiger partial charge >= 0.3 is 0 Å². The summed E-state index contributed by atoms with van der Waals surface area (Å²) < 4.78 is 0. The first-order valence-electron chi connectivity index (χ1n) is 7.65. The second-order valence-corrected chi connectivity index (χ2v) is 8.49. The van der Waals surface area contributed by atoms with E-state index in [-0.39, 0.29) is 0 Å². The van der Waals surface area contributed by atoms with Crippen molar-refractivity contribution in [2.75, 3.05) is 23.7 Å². The standard InChI is InChI=1S/C17H26N2S2/c1-5-21-14-8-6-7-13(15(14)16(18)20)19-10-9-12(11-19)17(2,3)4/h6-8,12H,5,9-11H2,1-4H3,(H2,18,20). The minimum absolute atomic E-state index is 0.355. The molecular formula is C17H26N2S2. The average molecular weight is 323 g/mol. The van der Waals surface area contributed by atoms with Crippen molar-refractivity contribution in [1.29, 1.82) is 0 Å². The van der Waals surface area contributed by atoms with Crippen LogP contribution in [-0.2, 0) is 0 Å². The fourth-order valence-electron chi connectivity index (χ4n) is 2.99. The minimum atomic E-state index is 0.355. The molecule has 116 valence electrons. The van der Waals surface area contributed by atoms with Crippen molar-refractivity contribution in [3.8, 4) is 0 Å². The normalized spacial score (nSPS) is 19.0. The van der Waals surface area contributed by atoms with E-state index in [1.807, 2.05) is 11.8 Å². The molecule has 0 bridgehead atoms.